The van der Waals surface area contributed by atoms with Crippen LogP contribution in [-0.2, 0) is 14.4 Å². The quantitative estimate of drug-likeness (QED) is 0.785. The van der Waals surface area contributed by atoms with Crippen LogP contribution in [-0.4, -0.2) is 41.8 Å². The average molecular weight is 359 g/mol. The number of nitrogens with zero attached hydrogens (tertiary/aromatic N) is 1. The van der Waals surface area contributed by atoms with Gasteiger partial charge >= 0.3 is 0 Å². The molecule has 2 N–H and O–H groups in total. The van der Waals surface area contributed by atoms with E-state index in [0.29, 0.717) is 12.1 Å². The minimum Gasteiger partial charge on any atom is -0.345 e. The fraction of sp³-hybridized carbons (Fsp3) is 0.550. The van der Waals surface area contributed by atoms with Crippen LogP contribution in [0.3, 0.4) is 0 Å². The molecule has 1 fully saturated rings. The Bertz CT molecular complexity index is 658. The highest BCUT2D eigenvalue weighted by Gasteiger charge is 2.35. The SMILES string of the molecule is Cc1ccc(NC(=O)CNC(=O)CN(C(=O)CC(C)(C)C)C2CC2)cc1. The molecule has 0 unspecified atom stereocenters. The summed E-state index contributed by atoms with van der Waals surface area (Å²) in [4.78, 5) is 38.2. The van der Waals surface area contributed by atoms with E-state index >= 15 is 0 Å². The average Bonchev–Trinajstić information content (AvgIpc) is 3.36. The van der Waals surface area contributed by atoms with E-state index in [4.69, 9.17) is 0 Å². The minimum atomic E-state index is -0.307. The van der Waals surface area contributed by atoms with Gasteiger partial charge in [-0.1, -0.05) is 38.5 Å². The number of anilines is 1. The van der Waals surface area contributed by atoms with Crippen molar-refractivity contribution < 1.29 is 14.4 Å². The molecule has 1 aromatic carbocycles. The molecule has 2 rings (SSSR count). The number of benzene rings is 1. The fourth-order valence-corrected chi connectivity index (χ4v) is 2.59. The molecule has 1 aliphatic rings. The highest BCUT2D eigenvalue weighted by atomic mass is 16.2. The number of nitrogens with one attached hydrogen (secondary N) is 2. The lowest BCUT2D eigenvalue weighted by Gasteiger charge is -2.26. The van der Waals surface area contributed by atoms with Crippen molar-refractivity contribution in [3.63, 3.8) is 0 Å². The molecule has 1 aromatic rings. The van der Waals surface area contributed by atoms with Crippen molar-refractivity contribution in [1.29, 1.82) is 0 Å². The number of hydrogen-bond acceptors (Lipinski definition) is 3. The lowest BCUT2D eigenvalue weighted by Crippen LogP contribution is -2.44. The van der Waals surface area contributed by atoms with Gasteiger partial charge in [0.25, 0.3) is 0 Å². The van der Waals surface area contributed by atoms with Gasteiger partial charge in [-0.15, -0.1) is 0 Å². The zero-order valence-electron chi connectivity index (χ0n) is 16.1. The highest BCUT2D eigenvalue weighted by molar-refractivity contribution is 5.95. The molecular weight excluding hydrogens is 330 g/mol. The summed E-state index contributed by atoms with van der Waals surface area (Å²) in [6, 6.07) is 7.60. The van der Waals surface area contributed by atoms with Crippen LogP contribution in [0.1, 0.15) is 45.6 Å². The van der Waals surface area contributed by atoms with Crippen LogP contribution in [0.25, 0.3) is 0 Å². The zero-order valence-corrected chi connectivity index (χ0v) is 16.1. The minimum absolute atomic E-state index is 0.000688. The zero-order chi connectivity index (χ0) is 19.3. The molecule has 0 spiro atoms. The van der Waals surface area contributed by atoms with Gasteiger partial charge in [0.05, 0.1) is 13.1 Å². The van der Waals surface area contributed by atoms with E-state index in [2.05, 4.69) is 10.6 Å². The molecule has 0 heterocycles. The molecule has 0 radical (unpaired) electrons. The van der Waals surface area contributed by atoms with Crippen molar-refractivity contribution >= 4 is 23.4 Å². The maximum Gasteiger partial charge on any atom is 0.243 e. The van der Waals surface area contributed by atoms with E-state index in [0.717, 1.165) is 18.4 Å². The van der Waals surface area contributed by atoms with Gasteiger partial charge in [0.2, 0.25) is 17.7 Å². The van der Waals surface area contributed by atoms with Gasteiger partial charge in [-0.25, -0.2) is 0 Å². The maximum absolute atomic E-state index is 12.4. The van der Waals surface area contributed by atoms with Crippen molar-refractivity contribution in [2.75, 3.05) is 18.4 Å². The van der Waals surface area contributed by atoms with Crippen LogP contribution in [0.4, 0.5) is 5.69 Å². The summed E-state index contributed by atoms with van der Waals surface area (Å²) in [5, 5.41) is 5.33. The molecule has 1 aliphatic carbocycles. The summed E-state index contributed by atoms with van der Waals surface area (Å²) in [7, 11) is 0. The number of aryl methyl sites for hydroxylation is 1. The predicted octanol–water partition coefficient (Wildman–Crippen LogP) is 2.48. The topological polar surface area (TPSA) is 78.5 Å². The number of amides is 3. The molecule has 6 nitrogen and oxygen atoms in total. The Morgan fingerprint density at radius 1 is 1.08 bits per heavy atom. The highest BCUT2D eigenvalue weighted by Crippen LogP contribution is 2.29. The Kier molecular flexibility index (Phi) is 6.40. The Balaban J connectivity index is 1.79. The second kappa shape index (κ2) is 8.34. The molecule has 26 heavy (non-hydrogen) atoms. The second-order valence-corrected chi connectivity index (χ2v) is 8.18. The molecule has 3 amide bonds. The third kappa shape index (κ3) is 6.86. The largest absolute Gasteiger partial charge is 0.345 e. The molecule has 0 bridgehead atoms. The van der Waals surface area contributed by atoms with Crippen molar-refractivity contribution in [1.82, 2.24) is 10.2 Å². The first kappa shape index (κ1) is 19.9. The van der Waals surface area contributed by atoms with Crippen LogP contribution in [0.15, 0.2) is 24.3 Å². The van der Waals surface area contributed by atoms with Crippen LogP contribution in [0.5, 0.6) is 0 Å². The van der Waals surface area contributed by atoms with E-state index in [1.165, 1.54) is 0 Å². The summed E-state index contributed by atoms with van der Waals surface area (Å²) in [5.74, 6) is -0.598. The summed E-state index contributed by atoms with van der Waals surface area (Å²) in [6.07, 6.45) is 2.29. The molecule has 142 valence electrons. The number of hydrogen-bond donors (Lipinski definition) is 2. The van der Waals surface area contributed by atoms with E-state index < -0.39 is 0 Å². The first-order valence-electron chi connectivity index (χ1n) is 9.07. The molecule has 6 heteroatoms. The van der Waals surface area contributed by atoms with Crippen LogP contribution < -0.4 is 10.6 Å². The van der Waals surface area contributed by atoms with Crippen molar-refractivity contribution in [2.24, 2.45) is 5.41 Å². The normalized spacial score (nSPS) is 13.8. The van der Waals surface area contributed by atoms with E-state index in [9.17, 15) is 14.4 Å². The predicted molar refractivity (Wildman–Crippen MR) is 102 cm³/mol. The Labute approximate surface area is 155 Å². The van der Waals surface area contributed by atoms with Crippen LogP contribution >= 0.6 is 0 Å². The van der Waals surface area contributed by atoms with Gasteiger partial charge < -0.3 is 15.5 Å². The number of carbonyl (C=O) groups excluding carboxylic acids is 3. The van der Waals surface area contributed by atoms with Crippen molar-refractivity contribution in [2.45, 2.75) is 53.0 Å². The van der Waals surface area contributed by atoms with Crippen molar-refractivity contribution in [3.8, 4) is 0 Å². The lowest BCUT2D eigenvalue weighted by molar-refractivity contribution is -0.138. The molecule has 0 saturated heterocycles. The molecular formula is C20H29N3O3. The molecule has 0 aromatic heterocycles. The Morgan fingerprint density at radius 2 is 1.69 bits per heavy atom. The lowest BCUT2D eigenvalue weighted by atomic mass is 9.91. The third-order valence-corrected chi connectivity index (χ3v) is 4.08. The van der Waals surface area contributed by atoms with Crippen LogP contribution in [0, 0.1) is 12.3 Å². The van der Waals surface area contributed by atoms with Gasteiger partial charge in [-0.05, 0) is 37.3 Å². The Hall–Kier alpha value is -2.37. The van der Waals surface area contributed by atoms with E-state index in [1.807, 2.05) is 52.0 Å². The van der Waals surface area contributed by atoms with Gasteiger partial charge in [0.1, 0.15) is 0 Å². The van der Waals surface area contributed by atoms with Gasteiger partial charge in [0.15, 0.2) is 0 Å². The summed E-state index contributed by atoms with van der Waals surface area (Å²) in [6.45, 7) is 7.89. The van der Waals surface area contributed by atoms with E-state index in [-0.39, 0.29) is 42.3 Å². The number of carbonyl (C=O) groups is 3. The molecule has 0 atom stereocenters. The second-order valence-electron chi connectivity index (χ2n) is 8.18. The third-order valence-electron chi connectivity index (χ3n) is 4.08. The summed E-state index contributed by atoms with van der Waals surface area (Å²) >= 11 is 0. The van der Waals surface area contributed by atoms with Gasteiger partial charge in [-0.2, -0.15) is 0 Å². The summed E-state index contributed by atoms with van der Waals surface area (Å²) < 4.78 is 0. The monoisotopic (exact) mass is 359 g/mol. The summed E-state index contributed by atoms with van der Waals surface area (Å²) in [5.41, 5.74) is 1.68. The van der Waals surface area contributed by atoms with Crippen LogP contribution in [0.2, 0.25) is 0 Å². The standard InChI is InChI=1S/C20H29N3O3/c1-14-5-7-15(8-6-14)22-17(24)12-21-18(25)13-23(16-9-10-16)19(26)11-20(2,3)4/h5-8,16H,9-13H2,1-4H3,(H,21,25)(H,22,24). The smallest absolute Gasteiger partial charge is 0.243 e. The fourth-order valence-electron chi connectivity index (χ4n) is 2.59. The molecule has 1 saturated carbocycles. The maximum atomic E-state index is 12.4. The first-order valence-corrected chi connectivity index (χ1v) is 9.07. The van der Waals surface area contributed by atoms with Gasteiger partial charge in [-0.3, -0.25) is 14.4 Å². The Morgan fingerprint density at radius 3 is 2.23 bits per heavy atom. The number of rotatable bonds is 7. The van der Waals surface area contributed by atoms with Gasteiger partial charge in [0, 0.05) is 18.2 Å². The molecule has 0 aliphatic heterocycles. The van der Waals surface area contributed by atoms with E-state index in [1.54, 1.807) is 4.90 Å². The first-order chi connectivity index (χ1) is 12.1. The van der Waals surface area contributed by atoms with Crippen molar-refractivity contribution in [3.05, 3.63) is 29.8 Å².